The number of nitrogens with zero attached hydrogens (tertiary/aromatic N) is 3. The highest BCUT2D eigenvalue weighted by Crippen LogP contribution is 2.25. The zero-order valence-electron chi connectivity index (χ0n) is 17.8. The molecule has 2 heterocycles. The number of piperidine rings is 1. The predicted octanol–water partition coefficient (Wildman–Crippen LogP) is 3.75. The normalized spacial score (nSPS) is 14.8. The minimum atomic E-state index is -3.76. The molecule has 0 aliphatic carbocycles. The fourth-order valence-electron chi connectivity index (χ4n) is 3.66. The Kier molecular flexibility index (Phi) is 6.37. The van der Waals surface area contributed by atoms with Crippen molar-refractivity contribution in [3.63, 3.8) is 0 Å². The molecule has 1 fully saturated rings. The van der Waals surface area contributed by atoms with E-state index >= 15 is 0 Å². The molecular weight excluding hydrogens is 450 g/mol. The Balaban J connectivity index is 1.38. The summed E-state index contributed by atoms with van der Waals surface area (Å²) in [7, 11) is -3.76. The Labute approximate surface area is 190 Å². The third kappa shape index (κ3) is 5.00. The zero-order chi connectivity index (χ0) is 23.6. The molecule has 1 aromatic heterocycles. The van der Waals surface area contributed by atoms with Gasteiger partial charge in [-0.15, -0.1) is 10.2 Å². The van der Waals surface area contributed by atoms with Gasteiger partial charge in [-0.2, -0.15) is 0 Å². The van der Waals surface area contributed by atoms with Gasteiger partial charge in [-0.3, -0.25) is 4.79 Å². The molecule has 10 heteroatoms. The van der Waals surface area contributed by atoms with Crippen molar-refractivity contribution < 1.29 is 22.0 Å². The molecular formula is C23H22F2N4O3S. The van der Waals surface area contributed by atoms with E-state index in [1.54, 1.807) is 18.2 Å². The molecule has 2 aromatic carbocycles. The van der Waals surface area contributed by atoms with E-state index in [9.17, 15) is 22.0 Å². The Hall–Kier alpha value is -3.40. The monoisotopic (exact) mass is 472 g/mol. The summed E-state index contributed by atoms with van der Waals surface area (Å²) in [6, 6.07) is 12.4. The molecule has 0 bridgehead atoms. The van der Waals surface area contributed by atoms with Crippen LogP contribution in [0, 0.1) is 24.5 Å². The van der Waals surface area contributed by atoms with Gasteiger partial charge in [0.15, 0.2) is 10.8 Å². The van der Waals surface area contributed by atoms with E-state index in [4.69, 9.17) is 0 Å². The number of sulfone groups is 1. The van der Waals surface area contributed by atoms with Crippen molar-refractivity contribution in [2.75, 3.05) is 23.3 Å². The van der Waals surface area contributed by atoms with Gasteiger partial charge in [0.2, 0.25) is 15.7 Å². The Morgan fingerprint density at radius 3 is 2.33 bits per heavy atom. The van der Waals surface area contributed by atoms with Gasteiger partial charge in [0.05, 0.1) is 10.6 Å². The zero-order valence-corrected chi connectivity index (χ0v) is 18.6. The van der Waals surface area contributed by atoms with E-state index in [0.29, 0.717) is 31.7 Å². The number of anilines is 2. The standard InChI is InChI=1S/C23H22F2N4O3S/c1-15-2-5-18(6-3-15)33(31,32)22-9-8-21(27-28-22)29-12-10-16(11-13-29)23(30)26-20-14-17(24)4-7-19(20)25/h2-9,14,16H,10-13H2,1H3,(H,26,30). The smallest absolute Gasteiger partial charge is 0.227 e. The van der Waals surface area contributed by atoms with Gasteiger partial charge in [-0.1, -0.05) is 17.7 Å². The number of carbonyl (C=O) groups is 1. The number of nitrogens with one attached hydrogen (secondary N) is 1. The highest BCUT2D eigenvalue weighted by molar-refractivity contribution is 7.91. The first-order chi connectivity index (χ1) is 15.7. The average Bonchev–Trinajstić information content (AvgIpc) is 2.82. The van der Waals surface area contributed by atoms with E-state index in [2.05, 4.69) is 15.5 Å². The highest BCUT2D eigenvalue weighted by Gasteiger charge is 2.27. The van der Waals surface area contributed by atoms with Crippen LogP contribution in [0.25, 0.3) is 0 Å². The number of benzene rings is 2. The molecule has 1 N–H and O–H groups in total. The van der Waals surface area contributed by atoms with Crippen molar-refractivity contribution >= 4 is 27.2 Å². The molecule has 0 saturated carbocycles. The predicted molar refractivity (Wildman–Crippen MR) is 119 cm³/mol. The number of amides is 1. The first-order valence-electron chi connectivity index (χ1n) is 10.4. The van der Waals surface area contributed by atoms with Crippen LogP contribution in [0.1, 0.15) is 18.4 Å². The molecule has 1 amide bonds. The van der Waals surface area contributed by atoms with Crippen LogP contribution in [0.15, 0.2) is 64.5 Å². The molecule has 0 atom stereocenters. The second-order valence-corrected chi connectivity index (χ2v) is 9.82. The second kappa shape index (κ2) is 9.22. The lowest BCUT2D eigenvalue weighted by Gasteiger charge is -2.31. The molecule has 1 saturated heterocycles. The van der Waals surface area contributed by atoms with E-state index in [1.165, 1.54) is 18.2 Å². The van der Waals surface area contributed by atoms with Gasteiger partial charge >= 0.3 is 0 Å². The number of hydrogen-bond acceptors (Lipinski definition) is 6. The van der Waals surface area contributed by atoms with Crippen molar-refractivity contribution in [1.29, 1.82) is 0 Å². The molecule has 0 spiro atoms. The van der Waals surface area contributed by atoms with Crippen molar-refractivity contribution in [1.82, 2.24) is 10.2 Å². The maximum absolute atomic E-state index is 13.8. The van der Waals surface area contributed by atoms with E-state index < -0.39 is 21.5 Å². The number of carbonyl (C=O) groups excluding carboxylic acids is 1. The summed E-state index contributed by atoms with van der Waals surface area (Å²) in [5.41, 5.74) is 0.771. The molecule has 1 aliphatic heterocycles. The first-order valence-corrected chi connectivity index (χ1v) is 11.9. The maximum Gasteiger partial charge on any atom is 0.227 e. The van der Waals surface area contributed by atoms with E-state index in [-0.39, 0.29) is 27.4 Å². The van der Waals surface area contributed by atoms with Crippen LogP contribution in [0.4, 0.5) is 20.3 Å². The Morgan fingerprint density at radius 1 is 1.00 bits per heavy atom. The maximum atomic E-state index is 13.8. The van der Waals surface area contributed by atoms with Gasteiger partial charge in [0.1, 0.15) is 11.6 Å². The largest absolute Gasteiger partial charge is 0.355 e. The van der Waals surface area contributed by atoms with Crippen LogP contribution in [-0.2, 0) is 14.6 Å². The molecule has 1 aliphatic rings. The van der Waals surface area contributed by atoms with E-state index in [1.807, 2.05) is 11.8 Å². The molecule has 0 radical (unpaired) electrons. The van der Waals surface area contributed by atoms with Crippen molar-refractivity contribution in [3.8, 4) is 0 Å². The number of halogens is 2. The molecule has 0 unspecified atom stereocenters. The third-order valence-corrected chi connectivity index (χ3v) is 7.27. The summed E-state index contributed by atoms with van der Waals surface area (Å²) < 4.78 is 52.6. The molecule has 33 heavy (non-hydrogen) atoms. The quantitative estimate of drug-likeness (QED) is 0.608. The minimum Gasteiger partial charge on any atom is -0.355 e. The van der Waals surface area contributed by atoms with Crippen molar-refractivity contribution in [2.24, 2.45) is 5.92 Å². The van der Waals surface area contributed by atoms with Crippen LogP contribution in [0.5, 0.6) is 0 Å². The average molecular weight is 473 g/mol. The third-order valence-electron chi connectivity index (χ3n) is 5.61. The van der Waals surface area contributed by atoms with Crippen LogP contribution in [0.2, 0.25) is 0 Å². The molecule has 172 valence electrons. The van der Waals surface area contributed by atoms with Crippen LogP contribution in [-0.4, -0.2) is 37.6 Å². The fourth-order valence-corrected chi connectivity index (χ4v) is 4.79. The lowest BCUT2D eigenvalue weighted by atomic mass is 9.96. The molecule has 3 aromatic rings. The van der Waals surface area contributed by atoms with E-state index in [0.717, 1.165) is 23.8 Å². The summed E-state index contributed by atoms with van der Waals surface area (Å²) in [6.45, 7) is 2.85. The number of hydrogen-bond donors (Lipinski definition) is 1. The van der Waals surface area contributed by atoms with Gasteiger partial charge < -0.3 is 10.2 Å². The summed E-state index contributed by atoms with van der Waals surface area (Å²) in [5.74, 6) is -1.55. The summed E-state index contributed by atoms with van der Waals surface area (Å²) in [5, 5.41) is 10.3. The van der Waals surface area contributed by atoms with Gasteiger partial charge in [0.25, 0.3) is 0 Å². The SMILES string of the molecule is Cc1ccc(S(=O)(=O)c2ccc(N3CCC(C(=O)Nc4cc(F)ccc4F)CC3)nn2)cc1. The second-order valence-electron chi connectivity index (χ2n) is 7.92. The van der Waals surface area contributed by atoms with Crippen LogP contribution in [0.3, 0.4) is 0 Å². The fraction of sp³-hybridized carbons (Fsp3) is 0.261. The van der Waals surface area contributed by atoms with Crippen LogP contribution < -0.4 is 10.2 Å². The number of aromatic nitrogens is 2. The first kappa shape index (κ1) is 22.8. The van der Waals surface area contributed by atoms with Gasteiger partial charge in [0, 0.05) is 25.1 Å². The minimum absolute atomic E-state index is 0.138. The van der Waals surface area contributed by atoms with Gasteiger partial charge in [-0.25, -0.2) is 17.2 Å². The van der Waals surface area contributed by atoms with Crippen molar-refractivity contribution in [2.45, 2.75) is 29.7 Å². The highest BCUT2D eigenvalue weighted by atomic mass is 32.2. The van der Waals surface area contributed by atoms with Crippen molar-refractivity contribution in [3.05, 3.63) is 71.8 Å². The summed E-state index contributed by atoms with van der Waals surface area (Å²) in [6.07, 6.45) is 0.960. The lowest BCUT2D eigenvalue weighted by molar-refractivity contribution is -0.120. The summed E-state index contributed by atoms with van der Waals surface area (Å²) >= 11 is 0. The Morgan fingerprint density at radius 2 is 1.70 bits per heavy atom. The topological polar surface area (TPSA) is 92.3 Å². The number of aryl methyl sites for hydroxylation is 1. The Bertz CT molecular complexity index is 1260. The van der Waals surface area contributed by atoms with Crippen LogP contribution >= 0.6 is 0 Å². The number of rotatable bonds is 5. The van der Waals surface area contributed by atoms with Gasteiger partial charge in [-0.05, 0) is 56.2 Å². The lowest BCUT2D eigenvalue weighted by Crippen LogP contribution is -2.38. The molecule has 7 nitrogen and oxygen atoms in total. The molecule has 4 rings (SSSR count). The summed E-state index contributed by atoms with van der Waals surface area (Å²) in [4.78, 5) is 14.5.